The number of alkyl carbamates (subject to hydrolysis) is 1. The number of ether oxygens (including phenoxy) is 1. The Morgan fingerprint density at radius 3 is 2.54 bits per heavy atom. The molecule has 1 amide bonds. The highest BCUT2D eigenvalue weighted by Gasteiger charge is 2.23. The molecule has 2 heterocycles. The normalized spacial score (nSPS) is 11.2. The Balaban J connectivity index is 2.17. The maximum Gasteiger partial charge on any atom is 0.407 e. The molecule has 0 bridgehead atoms. The average Bonchev–Trinajstić information content (AvgIpc) is 3.14. The molecule has 9 heteroatoms. The highest BCUT2D eigenvalue weighted by Crippen LogP contribution is 2.25. The van der Waals surface area contributed by atoms with Crippen LogP contribution >= 0.6 is 0 Å². The van der Waals surface area contributed by atoms with Crippen LogP contribution in [0.5, 0.6) is 0 Å². The number of nitrogens with zero attached hydrogens (tertiary/aromatic N) is 2. The summed E-state index contributed by atoms with van der Waals surface area (Å²) in [5.74, 6) is 0. The van der Waals surface area contributed by atoms with Crippen molar-refractivity contribution in [2.24, 2.45) is 7.05 Å². The van der Waals surface area contributed by atoms with Crippen LogP contribution < -0.4 is 10.9 Å². The fourth-order valence-corrected chi connectivity index (χ4v) is 4.15. The number of aromatic nitrogens is 2. The van der Waals surface area contributed by atoms with Gasteiger partial charge in [-0.15, -0.1) is 0 Å². The van der Waals surface area contributed by atoms with Crippen molar-refractivity contribution in [2.45, 2.75) is 11.4 Å². The zero-order chi connectivity index (χ0) is 20.3. The summed E-state index contributed by atoms with van der Waals surface area (Å²) in [5.41, 5.74) is 0.615. The molecule has 1 aromatic carbocycles. The molecule has 28 heavy (non-hydrogen) atoms. The van der Waals surface area contributed by atoms with E-state index in [2.05, 4.69) is 10.1 Å². The molecule has 1 N–H and O–H groups in total. The first-order valence-corrected chi connectivity index (χ1v) is 9.78. The average molecular weight is 401 g/mol. The lowest BCUT2D eigenvalue weighted by molar-refractivity contribution is 0.170. The van der Waals surface area contributed by atoms with Crippen LogP contribution in [-0.2, 0) is 28.4 Å². The van der Waals surface area contributed by atoms with Gasteiger partial charge in [-0.25, -0.2) is 17.2 Å². The summed E-state index contributed by atoms with van der Waals surface area (Å²) in [6.45, 7) is 0.0458. The lowest BCUT2D eigenvalue weighted by Gasteiger charge is -2.11. The van der Waals surface area contributed by atoms with Crippen LogP contribution in [0.1, 0.15) is 5.56 Å². The summed E-state index contributed by atoms with van der Waals surface area (Å²) in [7, 11) is -1.12. The number of rotatable bonds is 5. The van der Waals surface area contributed by atoms with E-state index < -0.39 is 16.1 Å². The summed E-state index contributed by atoms with van der Waals surface area (Å²) >= 11 is 0. The molecule has 3 rings (SSSR count). The molecule has 0 aliphatic carbocycles. The second-order valence-electron chi connectivity index (χ2n) is 6.03. The number of amides is 1. The number of methoxy groups -OCH3 is 1. The van der Waals surface area contributed by atoms with E-state index in [4.69, 9.17) is 0 Å². The number of nitrogens with one attached hydrogen (secondary N) is 1. The van der Waals surface area contributed by atoms with E-state index in [9.17, 15) is 18.0 Å². The van der Waals surface area contributed by atoms with Crippen molar-refractivity contribution < 1.29 is 17.9 Å². The molecule has 0 atom stereocenters. The Morgan fingerprint density at radius 1 is 1.14 bits per heavy atom. The van der Waals surface area contributed by atoms with E-state index >= 15 is 0 Å². The third kappa shape index (κ3) is 3.70. The predicted octanol–water partition coefficient (Wildman–Crippen LogP) is 1.95. The standard InChI is InChI=1S/C19H19N3O5S/c1-21-10-6-9-16(18(21)23)17-11-14(12-20-19(24)27-2)13-22(17)28(25,26)15-7-4-3-5-8-15/h3-11,13H,12H2,1-2H3,(H,20,24). The zero-order valence-corrected chi connectivity index (χ0v) is 16.1. The van der Waals surface area contributed by atoms with Gasteiger partial charge in [-0.2, -0.15) is 0 Å². The first-order valence-electron chi connectivity index (χ1n) is 8.34. The minimum Gasteiger partial charge on any atom is -0.453 e. The van der Waals surface area contributed by atoms with Gasteiger partial charge in [0.1, 0.15) is 0 Å². The number of carbonyl (C=O) groups is 1. The van der Waals surface area contributed by atoms with Crippen molar-refractivity contribution in [3.8, 4) is 11.3 Å². The molecule has 2 aromatic heterocycles. The molecule has 0 saturated carbocycles. The fraction of sp³-hybridized carbons (Fsp3) is 0.158. The van der Waals surface area contributed by atoms with E-state index in [1.165, 1.54) is 30.0 Å². The van der Waals surface area contributed by atoms with Gasteiger partial charge in [0.2, 0.25) is 0 Å². The number of hydrogen-bond acceptors (Lipinski definition) is 5. The first kappa shape index (κ1) is 19.4. The predicted molar refractivity (Wildman–Crippen MR) is 103 cm³/mol. The lowest BCUT2D eigenvalue weighted by Crippen LogP contribution is -2.22. The minimum atomic E-state index is -3.95. The number of carbonyl (C=O) groups excluding carboxylic acids is 1. The minimum absolute atomic E-state index is 0.0458. The van der Waals surface area contributed by atoms with Crippen molar-refractivity contribution in [1.82, 2.24) is 13.9 Å². The maximum absolute atomic E-state index is 13.2. The molecule has 0 aliphatic rings. The van der Waals surface area contributed by atoms with E-state index in [0.717, 1.165) is 3.97 Å². The molecule has 8 nitrogen and oxygen atoms in total. The van der Waals surface area contributed by atoms with Gasteiger partial charge < -0.3 is 14.6 Å². The molecule has 0 spiro atoms. The molecule has 0 saturated heterocycles. The van der Waals surface area contributed by atoms with E-state index in [1.807, 2.05) is 0 Å². The third-order valence-corrected chi connectivity index (χ3v) is 5.85. The van der Waals surface area contributed by atoms with Crippen molar-refractivity contribution in [1.29, 1.82) is 0 Å². The van der Waals surface area contributed by atoms with Gasteiger partial charge in [0, 0.05) is 26.0 Å². The third-order valence-electron chi connectivity index (χ3n) is 4.16. The highest BCUT2D eigenvalue weighted by atomic mass is 32.2. The monoisotopic (exact) mass is 401 g/mol. The molecule has 146 valence electrons. The number of aryl methyl sites for hydroxylation is 1. The molecule has 3 aromatic rings. The Bertz CT molecular complexity index is 1160. The molecule has 0 radical (unpaired) electrons. The van der Waals surface area contributed by atoms with Crippen LogP contribution in [0.2, 0.25) is 0 Å². The van der Waals surface area contributed by atoms with Crippen LogP contribution in [0.25, 0.3) is 11.3 Å². The van der Waals surface area contributed by atoms with Gasteiger partial charge in [0.05, 0.1) is 23.3 Å². The largest absolute Gasteiger partial charge is 0.453 e. The zero-order valence-electron chi connectivity index (χ0n) is 15.3. The summed E-state index contributed by atoms with van der Waals surface area (Å²) in [6, 6.07) is 12.7. The van der Waals surface area contributed by atoms with Gasteiger partial charge in [0.25, 0.3) is 15.6 Å². The van der Waals surface area contributed by atoms with Crippen molar-refractivity contribution >= 4 is 16.1 Å². The summed E-state index contributed by atoms with van der Waals surface area (Å²) in [5, 5.41) is 2.51. The van der Waals surface area contributed by atoms with Crippen molar-refractivity contribution in [3.05, 3.63) is 76.8 Å². The summed E-state index contributed by atoms with van der Waals surface area (Å²) < 4.78 is 33.3. The van der Waals surface area contributed by atoms with Gasteiger partial charge in [-0.1, -0.05) is 18.2 Å². The molecule has 0 aliphatic heterocycles. The molecular formula is C19H19N3O5S. The number of benzene rings is 1. The second-order valence-corrected chi connectivity index (χ2v) is 7.85. The fourth-order valence-electron chi connectivity index (χ4n) is 2.73. The van der Waals surface area contributed by atoms with Crippen molar-refractivity contribution in [2.75, 3.05) is 7.11 Å². The van der Waals surface area contributed by atoms with E-state index in [-0.39, 0.29) is 28.3 Å². The lowest BCUT2D eigenvalue weighted by atomic mass is 10.2. The number of pyridine rings is 1. The maximum atomic E-state index is 13.2. The summed E-state index contributed by atoms with van der Waals surface area (Å²) in [4.78, 5) is 24.0. The Labute approximate surface area is 162 Å². The molecule has 0 fully saturated rings. The summed E-state index contributed by atoms with van der Waals surface area (Å²) in [6.07, 6.45) is 2.33. The molecule has 0 unspecified atom stereocenters. The van der Waals surface area contributed by atoms with Crippen LogP contribution in [-0.4, -0.2) is 30.2 Å². The van der Waals surface area contributed by atoms with Crippen LogP contribution in [0.4, 0.5) is 4.79 Å². The van der Waals surface area contributed by atoms with Gasteiger partial charge in [-0.3, -0.25) is 4.79 Å². The topological polar surface area (TPSA) is 99.4 Å². The Hall–Kier alpha value is -3.33. The van der Waals surface area contributed by atoms with Crippen LogP contribution in [0.3, 0.4) is 0 Å². The van der Waals surface area contributed by atoms with Gasteiger partial charge in [-0.05, 0) is 35.9 Å². The SMILES string of the molecule is COC(=O)NCc1cc(-c2cccn(C)c2=O)n(S(=O)(=O)c2ccccc2)c1. The van der Waals surface area contributed by atoms with Gasteiger partial charge in [0.15, 0.2) is 0 Å². The second kappa shape index (κ2) is 7.73. The Morgan fingerprint density at radius 2 is 1.86 bits per heavy atom. The number of hydrogen-bond donors (Lipinski definition) is 1. The highest BCUT2D eigenvalue weighted by molar-refractivity contribution is 7.90. The Kier molecular flexibility index (Phi) is 5.36. The quantitative estimate of drug-likeness (QED) is 0.704. The van der Waals surface area contributed by atoms with Crippen molar-refractivity contribution in [3.63, 3.8) is 0 Å². The first-order chi connectivity index (χ1) is 13.3. The van der Waals surface area contributed by atoms with Gasteiger partial charge >= 0.3 is 6.09 Å². The van der Waals surface area contributed by atoms with E-state index in [0.29, 0.717) is 5.56 Å². The smallest absolute Gasteiger partial charge is 0.407 e. The molecular weight excluding hydrogens is 382 g/mol. The van der Waals surface area contributed by atoms with Crippen LogP contribution in [0, 0.1) is 0 Å². The van der Waals surface area contributed by atoms with Crippen LogP contribution in [0.15, 0.2) is 70.6 Å². The van der Waals surface area contributed by atoms with E-state index in [1.54, 1.807) is 49.6 Å².